The number of ether oxygens (including phenoxy) is 2. The number of halogens is 1. The summed E-state index contributed by atoms with van der Waals surface area (Å²) in [5, 5.41) is 6.62. The number of hydrogen-bond donors (Lipinski definition) is 2. The lowest BCUT2D eigenvalue weighted by molar-refractivity contribution is -0.115. The van der Waals surface area contributed by atoms with Gasteiger partial charge in [-0.3, -0.25) is 4.79 Å². The highest BCUT2D eigenvalue weighted by Crippen LogP contribution is 2.29. The zero-order valence-corrected chi connectivity index (χ0v) is 15.7. The van der Waals surface area contributed by atoms with E-state index in [1.54, 1.807) is 14.2 Å². The molecular weight excluding hydrogens is 340 g/mol. The molecule has 0 aliphatic rings. The largest absolute Gasteiger partial charge is 0.497 e. The summed E-state index contributed by atoms with van der Waals surface area (Å²) >= 11 is 6.22. The van der Waals surface area contributed by atoms with Crippen LogP contribution in [-0.2, 0) is 4.79 Å². The van der Waals surface area contributed by atoms with E-state index < -0.39 is 0 Å². The second-order valence-corrected chi connectivity index (χ2v) is 6.14. The number of anilines is 2. The summed E-state index contributed by atoms with van der Waals surface area (Å²) in [4.78, 5) is 12.2. The Bertz CT molecular complexity index is 739. The van der Waals surface area contributed by atoms with Crippen LogP contribution in [-0.4, -0.2) is 26.7 Å². The molecule has 0 heterocycles. The van der Waals surface area contributed by atoms with E-state index in [9.17, 15) is 4.79 Å². The zero-order valence-electron chi connectivity index (χ0n) is 14.9. The van der Waals surface area contributed by atoms with Gasteiger partial charge >= 0.3 is 0 Å². The highest BCUT2D eigenvalue weighted by Gasteiger charge is 2.10. The molecule has 0 fully saturated rings. The van der Waals surface area contributed by atoms with Crippen molar-refractivity contribution >= 4 is 28.9 Å². The number of methoxy groups -OCH3 is 2. The molecule has 0 unspecified atom stereocenters. The molecule has 2 N–H and O–H groups in total. The van der Waals surface area contributed by atoms with Crippen LogP contribution < -0.4 is 20.1 Å². The normalized spacial score (nSPS) is 10.3. The minimum absolute atomic E-state index is 0.108. The van der Waals surface area contributed by atoms with E-state index in [1.807, 2.05) is 44.2 Å². The van der Waals surface area contributed by atoms with Gasteiger partial charge in [0.2, 0.25) is 5.91 Å². The van der Waals surface area contributed by atoms with Crippen molar-refractivity contribution in [3.63, 3.8) is 0 Å². The topological polar surface area (TPSA) is 59.6 Å². The van der Waals surface area contributed by atoms with Crippen molar-refractivity contribution in [2.24, 2.45) is 0 Å². The first-order valence-electron chi connectivity index (χ1n) is 7.97. The lowest BCUT2D eigenvalue weighted by Crippen LogP contribution is -2.17. The fourth-order valence-electron chi connectivity index (χ4n) is 2.54. The molecule has 134 valence electrons. The monoisotopic (exact) mass is 362 g/mol. The first kappa shape index (κ1) is 18.9. The highest BCUT2D eigenvalue weighted by atomic mass is 35.5. The van der Waals surface area contributed by atoms with Crippen LogP contribution in [0.2, 0.25) is 5.02 Å². The van der Waals surface area contributed by atoms with E-state index in [-0.39, 0.29) is 5.91 Å². The maximum Gasteiger partial charge on any atom is 0.226 e. The van der Waals surface area contributed by atoms with Gasteiger partial charge in [0.1, 0.15) is 11.5 Å². The lowest BCUT2D eigenvalue weighted by atomic mass is 10.1. The number of benzene rings is 2. The molecule has 25 heavy (non-hydrogen) atoms. The van der Waals surface area contributed by atoms with E-state index in [1.165, 1.54) is 0 Å². The van der Waals surface area contributed by atoms with Crippen LogP contribution >= 0.6 is 11.6 Å². The average Bonchev–Trinajstić information content (AvgIpc) is 2.58. The van der Waals surface area contributed by atoms with Gasteiger partial charge in [0, 0.05) is 19.0 Å². The minimum Gasteiger partial charge on any atom is -0.497 e. The fourth-order valence-corrected chi connectivity index (χ4v) is 2.91. The molecule has 0 saturated heterocycles. The van der Waals surface area contributed by atoms with Crippen molar-refractivity contribution in [1.29, 1.82) is 0 Å². The SMILES string of the molecule is COc1ccc(OC)c(NCCC(=O)Nc2c(C)cc(C)cc2Cl)c1. The fraction of sp³-hybridized carbons (Fsp3) is 0.316. The Kier molecular flexibility index (Phi) is 6.53. The molecule has 2 aromatic carbocycles. The van der Waals surface area contributed by atoms with Crippen molar-refractivity contribution in [3.8, 4) is 11.5 Å². The van der Waals surface area contributed by atoms with Gasteiger partial charge in [-0.15, -0.1) is 0 Å². The van der Waals surface area contributed by atoms with E-state index >= 15 is 0 Å². The average molecular weight is 363 g/mol. The number of hydrogen-bond acceptors (Lipinski definition) is 4. The third-order valence-electron chi connectivity index (χ3n) is 3.77. The lowest BCUT2D eigenvalue weighted by Gasteiger charge is -2.14. The number of amides is 1. The van der Waals surface area contributed by atoms with Gasteiger partial charge in [0.05, 0.1) is 30.6 Å². The second kappa shape index (κ2) is 8.62. The second-order valence-electron chi connectivity index (χ2n) is 5.73. The van der Waals surface area contributed by atoms with Crippen molar-refractivity contribution in [3.05, 3.63) is 46.5 Å². The number of nitrogens with one attached hydrogen (secondary N) is 2. The first-order valence-corrected chi connectivity index (χ1v) is 8.35. The van der Waals surface area contributed by atoms with Crippen LogP contribution in [0, 0.1) is 13.8 Å². The summed E-state index contributed by atoms with van der Waals surface area (Å²) in [6, 6.07) is 9.29. The predicted molar refractivity (Wildman–Crippen MR) is 102 cm³/mol. The Morgan fingerprint density at radius 2 is 1.88 bits per heavy atom. The summed E-state index contributed by atoms with van der Waals surface area (Å²) in [5.74, 6) is 1.30. The quantitative estimate of drug-likeness (QED) is 0.765. The molecule has 0 spiro atoms. The number of aryl methyl sites for hydroxylation is 2. The molecule has 2 aromatic rings. The Morgan fingerprint density at radius 1 is 1.12 bits per heavy atom. The van der Waals surface area contributed by atoms with E-state index in [0.29, 0.717) is 29.4 Å². The van der Waals surface area contributed by atoms with Gasteiger partial charge in [-0.25, -0.2) is 0 Å². The molecule has 0 atom stereocenters. The third kappa shape index (κ3) is 5.03. The zero-order chi connectivity index (χ0) is 18.4. The summed E-state index contributed by atoms with van der Waals surface area (Å²) in [6.45, 7) is 4.35. The number of rotatable bonds is 7. The maximum atomic E-state index is 12.2. The van der Waals surface area contributed by atoms with Gasteiger partial charge in [-0.1, -0.05) is 17.7 Å². The molecule has 0 bridgehead atoms. The minimum atomic E-state index is -0.108. The molecule has 0 aliphatic heterocycles. The van der Waals surface area contributed by atoms with Crippen molar-refractivity contribution in [1.82, 2.24) is 0 Å². The van der Waals surface area contributed by atoms with Crippen molar-refractivity contribution < 1.29 is 14.3 Å². The van der Waals surface area contributed by atoms with Crippen LogP contribution in [0.3, 0.4) is 0 Å². The Balaban J connectivity index is 1.95. The molecule has 1 amide bonds. The summed E-state index contributed by atoms with van der Waals surface area (Å²) < 4.78 is 10.5. The summed E-state index contributed by atoms with van der Waals surface area (Å²) in [7, 11) is 3.20. The molecule has 0 radical (unpaired) electrons. The summed E-state index contributed by atoms with van der Waals surface area (Å²) in [6.07, 6.45) is 0.296. The molecule has 2 rings (SSSR count). The maximum absolute atomic E-state index is 12.2. The van der Waals surface area contributed by atoms with Gasteiger partial charge in [0.25, 0.3) is 0 Å². The predicted octanol–water partition coefficient (Wildman–Crippen LogP) is 4.41. The summed E-state index contributed by atoms with van der Waals surface area (Å²) in [5.41, 5.74) is 3.45. The van der Waals surface area contributed by atoms with Crippen molar-refractivity contribution in [2.75, 3.05) is 31.4 Å². The van der Waals surface area contributed by atoms with Crippen LogP contribution in [0.1, 0.15) is 17.5 Å². The van der Waals surface area contributed by atoms with Gasteiger partial charge in [-0.05, 0) is 43.2 Å². The number of carbonyl (C=O) groups is 1. The van der Waals surface area contributed by atoms with Crippen LogP contribution in [0.5, 0.6) is 11.5 Å². The van der Waals surface area contributed by atoms with Crippen molar-refractivity contribution in [2.45, 2.75) is 20.3 Å². The van der Waals surface area contributed by atoms with Gasteiger partial charge in [0.15, 0.2) is 0 Å². The molecule has 5 nitrogen and oxygen atoms in total. The smallest absolute Gasteiger partial charge is 0.226 e. The molecule has 0 aliphatic carbocycles. The van der Waals surface area contributed by atoms with E-state index in [2.05, 4.69) is 10.6 Å². The third-order valence-corrected chi connectivity index (χ3v) is 4.07. The first-order chi connectivity index (χ1) is 11.9. The van der Waals surface area contributed by atoms with Crippen LogP contribution in [0.4, 0.5) is 11.4 Å². The number of carbonyl (C=O) groups excluding carboxylic acids is 1. The van der Waals surface area contributed by atoms with Crippen LogP contribution in [0.25, 0.3) is 0 Å². The van der Waals surface area contributed by atoms with Crippen LogP contribution in [0.15, 0.2) is 30.3 Å². The highest BCUT2D eigenvalue weighted by molar-refractivity contribution is 6.34. The molecular formula is C19H23ClN2O3. The van der Waals surface area contributed by atoms with Gasteiger partial charge in [-0.2, -0.15) is 0 Å². The van der Waals surface area contributed by atoms with E-state index in [4.69, 9.17) is 21.1 Å². The van der Waals surface area contributed by atoms with Gasteiger partial charge < -0.3 is 20.1 Å². The van der Waals surface area contributed by atoms with E-state index in [0.717, 1.165) is 22.6 Å². The Morgan fingerprint density at radius 3 is 2.52 bits per heavy atom. The molecule has 0 saturated carbocycles. The Hall–Kier alpha value is -2.40. The molecule has 6 heteroatoms. The Labute approximate surface area is 153 Å². The standard InChI is InChI=1S/C19H23ClN2O3/c1-12-9-13(2)19(15(20)10-12)22-18(23)7-8-21-16-11-14(24-3)5-6-17(16)25-4/h5-6,9-11,21H,7-8H2,1-4H3,(H,22,23). The molecule has 0 aromatic heterocycles.